The Bertz CT molecular complexity index is 882. The minimum Gasteiger partial charge on any atom is -0.489 e. The fourth-order valence-corrected chi connectivity index (χ4v) is 2.98. The second-order valence-corrected chi connectivity index (χ2v) is 7.26. The Morgan fingerprint density at radius 1 is 0.962 bits per heavy atom. The lowest BCUT2D eigenvalue weighted by Crippen LogP contribution is -2.12. The van der Waals surface area contributed by atoms with Crippen LogP contribution in [0.5, 0.6) is 5.75 Å². The molecule has 0 radical (unpaired) electrons. The standard InChI is InChI=1S/C22H20INO2/c1-15-12-19(13-16(2)21(15)23)24-22(25)18-8-10-20(11-9-18)26-14-17-6-4-3-5-7-17/h3-13H,14H2,1-2H3,(H,24,25). The number of amides is 1. The molecule has 0 bridgehead atoms. The van der Waals surface area contributed by atoms with Crippen LogP contribution in [0.3, 0.4) is 0 Å². The predicted octanol–water partition coefficient (Wildman–Crippen LogP) is 5.74. The molecule has 0 atom stereocenters. The molecular weight excluding hydrogens is 437 g/mol. The minimum atomic E-state index is -0.125. The fourth-order valence-electron chi connectivity index (χ4n) is 2.66. The van der Waals surface area contributed by atoms with Crippen LogP contribution >= 0.6 is 22.6 Å². The van der Waals surface area contributed by atoms with Gasteiger partial charge in [0.1, 0.15) is 12.4 Å². The number of rotatable bonds is 5. The highest BCUT2D eigenvalue weighted by atomic mass is 127. The number of hydrogen-bond acceptors (Lipinski definition) is 2. The van der Waals surface area contributed by atoms with Gasteiger partial charge in [0.2, 0.25) is 0 Å². The van der Waals surface area contributed by atoms with Crippen LogP contribution in [0.1, 0.15) is 27.0 Å². The molecule has 3 aromatic carbocycles. The molecule has 0 aliphatic rings. The van der Waals surface area contributed by atoms with Gasteiger partial charge >= 0.3 is 0 Å². The second-order valence-electron chi connectivity index (χ2n) is 6.18. The van der Waals surface area contributed by atoms with Crippen molar-refractivity contribution in [3.05, 3.63) is 92.6 Å². The Kier molecular flexibility index (Phi) is 5.93. The zero-order valence-electron chi connectivity index (χ0n) is 14.8. The molecule has 0 aliphatic heterocycles. The smallest absolute Gasteiger partial charge is 0.255 e. The lowest BCUT2D eigenvalue weighted by atomic mass is 10.1. The highest BCUT2D eigenvalue weighted by molar-refractivity contribution is 14.1. The molecule has 132 valence electrons. The normalized spacial score (nSPS) is 10.4. The van der Waals surface area contributed by atoms with Gasteiger partial charge in [0.15, 0.2) is 0 Å². The number of anilines is 1. The van der Waals surface area contributed by atoms with Gasteiger partial charge in [-0.15, -0.1) is 0 Å². The molecule has 3 nitrogen and oxygen atoms in total. The number of aryl methyl sites for hydroxylation is 2. The molecule has 0 saturated carbocycles. The van der Waals surface area contributed by atoms with E-state index in [4.69, 9.17) is 4.74 Å². The first-order valence-electron chi connectivity index (χ1n) is 8.38. The minimum absolute atomic E-state index is 0.125. The summed E-state index contributed by atoms with van der Waals surface area (Å²) >= 11 is 2.32. The van der Waals surface area contributed by atoms with Crippen LogP contribution in [0.25, 0.3) is 0 Å². The number of halogens is 1. The van der Waals surface area contributed by atoms with Gasteiger partial charge in [-0.1, -0.05) is 30.3 Å². The summed E-state index contributed by atoms with van der Waals surface area (Å²) in [6.07, 6.45) is 0. The van der Waals surface area contributed by atoms with Crippen LogP contribution in [-0.2, 0) is 6.61 Å². The van der Waals surface area contributed by atoms with E-state index in [9.17, 15) is 4.79 Å². The van der Waals surface area contributed by atoms with Gasteiger partial charge in [0.25, 0.3) is 5.91 Å². The summed E-state index contributed by atoms with van der Waals surface area (Å²) in [4.78, 5) is 12.5. The van der Waals surface area contributed by atoms with Crippen molar-refractivity contribution in [3.63, 3.8) is 0 Å². The maximum absolute atomic E-state index is 12.5. The molecule has 0 aromatic heterocycles. The van der Waals surface area contributed by atoms with Gasteiger partial charge in [-0.2, -0.15) is 0 Å². The monoisotopic (exact) mass is 457 g/mol. The van der Waals surface area contributed by atoms with E-state index < -0.39 is 0 Å². The average molecular weight is 457 g/mol. The number of benzene rings is 3. The zero-order chi connectivity index (χ0) is 18.5. The van der Waals surface area contributed by atoms with E-state index in [2.05, 4.69) is 27.9 Å². The van der Waals surface area contributed by atoms with E-state index in [1.54, 1.807) is 12.1 Å². The molecule has 1 N–H and O–H groups in total. The maximum Gasteiger partial charge on any atom is 0.255 e. The summed E-state index contributed by atoms with van der Waals surface area (Å²) in [5, 5.41) is 2.96. The largest absolute Gasteiger partial charge is 0.489 e. The number of carbonyl (C=O) groups is 1. The van der Waals surface area contributed by atoms with Crippen molar-refractivity contribution in [2.75, 3.05) is 5.32 Å². The number of ether oxygens (including phenoxy) is 1. The van der Waals surface area contributed by atoms with Gasteiger partial charge in [-0.3, -0.25) is 4.79 Å². The summed E-state index contributed by atoms with van der Waals surface area (Å²) in [7, 11) is 0. The number of carbonyl (C=O) groups excluding carboxylic acids is 1. The number of hydrogen-bond donors (Lipinski definition) is 1. The molecule has 1 amide bonds. The van der Waals surface area contributed by atoms with E-state index >= 15 is 0 Å². The van der Waals surface area contributed by atoms with E-state index in [1.165, 1.54) is 3.57 Å². The summed E-state index contributed by atoms with van der Waals surface area (Å²) in [5.74, 6) is 0.617. The van der Waals surface area contributed by atoms with Crippen LogP contribution in [-0.4, -0.2) is 5.91 Å². The average Bonchev–Trinajstić information content (AvgIpc) is 2.65. The van der Waals surface area contributed by atoms with Crippen molar-refractivity contribution in [2.45, 2.75) is 20.5 Å². The first-order chi connectivity index (χ1) is 12.5. The maximum atomic E-state index is 12.5. The molecule has 3 aromatic rings. The molecule has 0 saturated heterocycles. The molecule has 26 heavy (non-hydrogen) atoms. The van der Waals surface area contributed by atoms with Crippen molar-refractivity contribution in [1.29, 1.82) is 0 Å². The van der Waals surface area contributed by atoms with Gasteiger partial charge in [0.05, 0.1) is 0 Å². The third-order valence-electron chi connectivity index (χ3n) is 4.06. The fraction of sp³-hybridized carbons (Fsp3) is 0.136. The first-order valence-corrected chi connectivity index (χ1v) is 9.45. The van der Waals surface area contributed by atoms with Crippen molar-refractivity contribution in [3.8, 4) is 5.75 Å². The Labute approximate surface area is 167 Å². The Morgan fingerprint density at radius 3 is 2.19 bits per heavy atom. The van der Waals surface area contributed by atoms with Gasteiger partial charge < -0.3 is 10.1 Å². The molecule has 0 aliphatic carbocycles. The predicted molar refractivity (Wildman–Crippen MR) is 114 cm³/mol. The SMILES string of the molecule is Cc1cc(NC(=O)c2ccc(OCc3ccccc3)cc2)cc(C)c1I. The van der Waals surface area contributed by atoms with Crippen LogP contribution in [0.4, 0.5) is 5.69 Å². The molecule has 0 fully saturated rings. The third kappa shape index (κ3) is 4.64. The van der Waals surface area contributed by atoms with Crippen molar-refractivity contribution >= 4 is 34.2 Å². The molecule has 0 spiro atoms. The zero-order valence-corrected chi connectivity index (χ0v) is 16.9. The van der Waals surface area contributed by atoms with E-state index in [1.807, 2.05) is 68.4 Å². The quantitative estimate of drug-likeness (QED) is 0.497. The first kappa shape index (κ1) is 18.5. The van der Waals surface area contributed by atoms with Crippen molar-refractivity contribution < 1.29 is 9.53 Å². The van der Waals surface area contributed by atoms with Gasteiger partial charge in [-0.25, -0.2) is 0 Å². The molecular formula is C22H20INO2. The van der Waals surface area contributed by atoms with E-state index in [-0.39, 0.29) is 5.91 Å². The number of nitrogens with one attached hydrogen (secondary N) is 1. The van der Waals surface area contributed by atoms with Crippen LogP contribution in [0.2, 0.25) is 0 Å². The van der Waals surface area contributed by atoms with Crippen LogP contribution < -0.4 is 10.1 Å². The van der Waals surface area contributed by atoms with Crippen LogP contribution in [0.15, 0.2) is 66.7 Å². The summed E-state index contributed by atoms with van der Waals surface area (Å²) in [6, 6.07) is 21.2. The van der Waals surface area contributed by atoms with Crippen molar-refractivity contribution in [2.24, 2.45) is 0 Å². The van der Waals surface area contributed by atoms with Gasteiger partial charge in [0, 0.05) is 14.8 Å². The van der Waals surface area contributed by atoms with Crippen molar-refractivity contribution in [1.82, 2.24) is 0 Å². The molecule has 0 unspecified atom stereocenters. The lowest BCUT2D eigenvalue weighted by Gasteiger charge is -2.10. The second kappa shape index (κ2) is 8.36. The summed E-state index contributed by atoms with van der Waals surface area (Å²) in [5.41, 5.74) is 4.84. The summed E-state index contributed by atoms with van der Waals surface area (Å²) < 4.78 is 6.98. The van der Waals surface area contributed by atoms with E-state index in [0.717, 1.165) is 28.1 Å². The Hall–Kier alpha value is -2.34. The lowest BCUT2D eigenvalue weighted by molar-refractivity contribution is 0.102. The van der Waals surface area contributed by atoms with E-state index in [0.29, 0.717) is 12.2 Å². The summed E-state index contributed by atoms with van der Waals surface area (Å²) in [6.45, 7) is 4.60. The highest BCUT2D eigenvalue weighted by Crippen LogP contribution is 2.22. The van der Waals surface area contributed by atoms with Crippen LogP contribution in [0, 0.1) is 17.4 Å². The molecule has 0 heterocycles. The topological polar surface area (TPSA) is 38.3 Å². The third-order valence-corrected chi connectivity index (χ3v) is 5.76. The highest BCUT2D eigenvalue weighted by Gasteiger charge is 2.09. The Morgan fingerprint density at radius 2 is 1.58 bits per heavy atom. The molecule has 3 rings (SSSR count). The molecule has 4 heteroatoms. The Balaban J connectivity index is 1.63. The van der Waals surface area contributed by atoms with Gasteiger partial charge in [-0.05, 0) is 89.5 Å².